The molecule has 2 aromatic rings. The van der Waals surface area contributed by atoms with Gasteiger partial charge in [-0.25, -0.2) is 0 Å². The normalized spacial score (nSPS) is 37.7. The molecule has 186 valence electrons. The molecule has 3 nitrogen and oxygen atoms in total. The summed E-state index contributed by atoms with van der Waals surface area (Å²) in [4.78, 5) is 5.68. The van der Waals surface area contributed by atoms with E-state index in [0.717, 1.165) is 30.0 Å². The summed E-state index contributed by atoms with van der Waals surface area (Å²) in [5.41, 5.74) is 5.47. The molecule has 6 atom stereocenters. The third kappa shape index (κ3) is 3.10. The number of benzene rings is 2. The molecule has 4 aliphatic carbocycles. The number of piperidine rings is 1. The Morgan fingerprint density at radius 3 is 2.60 bits per heavy atom. The van der Waals surface area contributed by atoms with Gasteiger partial charge in [0.1, 0.15) is 5.75 Å². The molecular formula is C32H42N2O. The Kier molecular flexibility index (Phi) is 5.16. The fourth-order valence-corrected chi connectivity index (χ4v) is 9.86. The Morgan fingerprint density at radius 2 is 1.83 bits per heavy atom. The summed E-state index contributed by atoms with van der Waals surface area (Å²) in [7, 11) is 4.25. The highest BCUT2D eigenvalue weighted by molar-refractivity contribution is 5.51. The lowest BCUT2D eigenvalue weighted by Crippen LogP contribution is -2.69. The van der Waals surface area contributed by atoms with Gasteiger partial charge in [0.2, 0.25) is 0 Å². The first-order chi connectivity index (χ1) is 17.1. The molecule has 1 aliphatic heterocycles. The number of ether oxygens (including phenoxy) is 1. The van der Waals surface area contributed by atoms with Crippen molar-refractivity contribution in [1.29, 1.82) is 0 Å². The van der Waals surface area contributed by atoms with E-state index in [2.05, 4.69) is 72.3 Å². The van der Waals surface area contributed by atoms with E-state index in [1.54, 1.807) is 11.1 Å². The van der Waals surface area contributed by atoms with Gasteiger partial charge in [-0.15, -0.1) is 0 Å². The maximum Gasteiger partial charge on any atom is 0.119 e. The maximum absolute atomic E-state index is 5.83. The van der Waals surface area contributed by atoms with Crippen LogP contribution in [0.2, 0.25) is 0 Å². The molecule has 0 N–H and O–H groups in total. The third-order valence-electron chi connectivity index (χ3n) is 11.4. The summed E-state index contributed by atoms with van der Waals surface area (Å²) in [6, 6.07) is 19.6. The van der Waals surface area contributed by atoms with E-state index in [1.807, 2.05) is 7.11 Å². The van der Waals surface area contributed by atoms with Gasteiger partial charge in [-0.05, 0) is 111 Å². The number of likely N-dealkylation sites (tertiary alicyclic amines) is 1. The second-order valence-corrected chi connectivity index (χ2v) is 12.7. The van der Waals surface area contributed by atoms with Crippen LogP contribution in [0.4, 0.5) is 0 Å². The predicted octanol–water partition coefficient (Wildman–Crippen LogP) is 5.91. The van der Waals surface area contributed by atoms with Gasteiger partial charge in [-0.3, -0.25) is 9.80 Å². The Morgan fingerprint density at radius 1 is 1.03 bits per heavy atom. The number of rotatable bonds is 6. The zero-order valence-corrected chi connectivity index (χ0v) is 21.9. The average Bonchev–Trinajstić information content (AvgIpc) is 3.60. The zero-order valence-electron chi connectivity index (χ0n) is 21.9. The molecule has 0 radical (unpaired) electrons. The van der Waals surface area contributed by atoms with Gasteiger partial charge < -0.3 is 4.74 Å². The minimum absolute atomic E-state index is 0.310. The summed E-state index contributed by atoms with van der Waals surface area (Å²) in [5.74, 6) is 3.52. The second-order valence-electron chi connectivity index (χ2n) is 12.7. The van der Waals surface area contributed by atoms with Crippen LogP contribution in [-0.2, 0) is 18.4 Å². The average molecular weight is 471 g/mol. The first-order valence-electron chi connectivity index (χ1n) is 14.2. The van der Waals surface area contributed by atoms with Crippen LogP contribution >= 0.6 is 0 Å². The van der Waals surface area contributed by atoms with Crippen LogP contribution in [0.25, 0.3) is 0 Å². The lowest BCUT2D eigenvalue weighted by molar-refractivity contribution is -0.120. The topological polar surface area (TPSA) is 15.7 Å². The molecular weight excluding hydrogens is 428 g/mol. The lowest BCUT2D eigenvalue weighted by Gasteiger charge is -2.65. The fourth-order valence-electron chi connectivity index (χ4n) is 9.86. The van der Waals surface area contributed by atoms with Crippen molar-refractivity contribution in [2.24, 2.45) is 23.2 Å². The predicted molar refractivity (Wildman–Crippen MR) is 142 cm³/mol. The lowest BCUT2D eigenvalue weighted by atomic mass is 9.45. The number of hydrogen-bond donors (Lipinski definition) is 0. The molecule has 0 aromatic heterocycles. The number of fused-ring (bicyclic) bond motifs is 1. The summed E-state index contributed by atoms with van der Waals surface area (Å²) >= 11 is 0. The molecule has 4 fully saturated rings. The van der Waals surface area contributed by atoms with Crippen LogP contribution in [-0.4, -0.2) is 49.1 Å². The highest BCUT2D eigenvalue weighted by atomic mass is 16.5. The van der Waals surface area contributed by atoms with Crippen LogP contribution in [0.15, 0.2) is 48.5 Å². The van der Waals surface area contributed by atoms with Crippen molar-refractivity contribution >= 4 is 0 Å². The molecule has 35 heavy (non-hydrogen) atoms. The number of methoxy groups -OCH3 is 1. The molecule has 1 spiro atoms. The quantitative estimate of drug-likeness (QED) is 0.522. The standard InChI is InChI=1S/C32H42N2O/c1-22-31-15-13-28(30(14-16-31)33(2)19-23-7-5-4-6-8-23)32(31)26(21-34(22)20-24-9-10-24)17-25-11-12-27(35-3)18-29(25)32/h4-8,11-12,18,22,24,26,28,30H,9-10,13-17,19-21H2,1-3H3. The van der Waals surface area contributed by atoms with Gasteiger partial charge >= 0.3 is 0 Å². The Balaban J connectivity index is 1.32. The highest BCUT2D eigenvalue weighted by Gasteiger charge is 2.73. The maximum atomic E-state index is 5.83. The Labute approximate surface area is 211 Å². The van der Waals surface area contributed by atoms with Gasteiger partial charge in [0, 0.05) is 37.1 Å². The smallest absolute Gasteiger partial charge is 0.119 e. The van der Waals surface area contributed by atoms with Crippen LogP contribution in [0.1, 0.15) is 62.1 Å². The molecule has 3 saturated carbocycles. The van der Waals surface area contributed by atoms with Crippen molar-refractivity contribution in [3.05, 3.63) is 65.2 Å². The van der Waals surface area contributed by atoms with Crippen LogP contribution < -0.4 is 4.74 Å². The van der Waals surface area contributed by atoms with Crippen molar-refractivity contribution < 1.29 is 4.74 Å². The van der Waals surface area contributed by atoms with E-state index >= 15 is 0 Å². The van der Waals surface area contributed by atoms with Gasteiger partial charge in [-0.2, -0.15) is 0 Å². The van der Waals surface area contributed by atoms with E-state index < -0.39 is 0 Å². The summed E-state index contributed by atoms with van der Waals surface area (Å²) in [6.07, 6.45) is 9.70. The number of hydrogen-bond acceptors (Lipinski definition) is 3. The minimum Gasteiger partial charge on any atom is -0.497 e. The second kappa shape index (κ2) is 8.08. The molecule has 3 heteroatoms. The molecule has 0 amide bonds. The molecule has 2 aromatic carbocycles. The van der Waals surface area contributed by atoms with Crippen LogP contribution in [0.3, 0.4) is 0 Å². The molecule has 2 bridgehead atoms. The van der Waals surface area contributed by atoms with Crippen LogP contribution in [0.5, 0.6) is 5.75 Å². The largest absolute Gasteiger partial charge is 0.497 e. The van der Waals surface area contributed by atoms with Gasteiger partial charge in [0.15, 0.2) is 0 Å². The van der Waals surface area contributed by atoms with E-state index in [4.69, 9.17) is 4.74 Å². The number of nitrogens with zero attached hydrogens (tertiary/aromatic N) is 2. The van der Waals surface area contributed by atoms with Crippen molar-refractivity contribution in [3.8, 4) is 5.75 Å². The first-order valence-corrected chi connectivity index (χ1v) is 14.2. The van der Waals surface area contributed by atoms with E-state index in [0.29, 0.717) is 22.9 Å². The third-order valence-corrected chi connectivity index (χ3v) is 11.4. The minimum atomic E-state index is 0.310. The Hall–Kier alpha value is -1.84. The molecule has 5 aliphatic rings. The summed E-state index contributed by atoms with van der Waals surface area (Å²) in [5, 5.41) is 0. The first kappa shape index (κ1) is 22.4. The van der Waals surface area contributed by atoms with Crippen LogP contribution in [0, 0.1) is 23.2 Å². The SMILES string of the molecule is COc1ccc2c(c1)C13C(C2)CN(CC2CC2)C(C)C12CCC(N(C)Cc1ccccc1)C3CC2. The van der Waals surface area contributed by atoms with Crippen molar-refractivity contribution in [2.75, 3.05) is 27.2 Å². The van der Waals surface area contributed by atoms with Crippen molar-refractivity contribution in [2.45, 2.75) is 75.9 Å². The van der Waals surface area contributed by atoms with E-state index in [1.165, 1.54) is 63.6 Å². The van der Waals surface area contributed by atoms with Gasteiger partial charge in [0.05, 0.1) is 7.11 Å². The van der Waals surface area contributed by atoms with Crippen molar-refractivity contribution in [1.82, 2.24) is 9.80 Å². The molecule has 6 unspecified atom stereocenters. The van der Waals surface area contributed by atoms with Crippen molar-refractivity contribution in [3.63, 3.8) is 0 Å². The highest BCUT2D eigenvalue weighted by Crippen LogP contribution is 2.74. The zero-order chi connectivity index (χ0) is 23.8. The Bertz CT molecular complexity index is 1100. The molecule has 7 rings (SSSR count). The fraction of sp³-hybridized carbons (Fsp3) is 0.625. The molecule has 1 saturated heterocycles. The van der Waals surface area contributed by atoms with Gasteiger partial charge in [-0.1, -0.05) is 36.4 Å². The summed E-state index contributed by atoms with van der Waals surface area (Å²) in [6.45, 7) is 6.32. The molecule has 1 heterocycles. The van der Waals surface area contributed by atoms with E-state index in [-0.39, 0.29) is 0 Å². The van der Waals surface area contributed by atoms with E-state index in [9.17, 15) is 0 Å². The van der Waals surface area contributed by atoms with Gasteiger partial charge in [0.25, 0.3) is 0 Å². The summed E-state index contributed by atoms with van der Waals surface area (Å²) < 4.78 is 5.83. The monoisotopic (exact) mass is 470 g/mol.